The van der Waals surface area contributed by atoms with Crippen LogP contribution in [0, 0.1) is 5.92 Å². The van der Waals surface area contributed by atoms with E-state index >= 15 is 0 Å². The summed E-state index contributed by atoms with van der Waals surface area (Å²) in [6, 6.07) is 5.96. The zero-order valence-corrected chi connectivity index (χ0v) is 17.4. The Hall–Kier alpha value is -2.49. The van der Waals surface area contributed by atoms with E-state index in [4.69, 9.17) is 14.6 Å². The summed E-state index contributed by atoms with van der Waals surface area (Å²) >= 11 is 0. The number of nitrogens with one attached hydrogen (secondary N) is 1. The zero-order chi connectivity index (χ0) is 22.7. The van der Waals surface area contributed by atoms with Gasteiger partial charge in [0, 0.05) is 19.6 Å². The third-order valence-electron chi connectivity index (χ3n) is 3.93. The minimum atomic E-state index is -4.47. The van der Waals surface area contributed by atoms with E-state index in [0.717, 1.165) is 5.56 Å². The first kappa shape index (κ1) is 25.5. The molecular formula is C20H29F3N2O5. The number of alkyl halides is 3. The number of carbonyl (C=O) groups is 2. The molecule has 1 atom stereocenters. The average molecular weight is 434 g/mol. The molecule has 0 bridgehead atoms. The summed E-state index contributed by atoms with van der Waals surface area (Å²) in [5.74, 6) is -0.457. The van der Waals surface area contributed by atoms with Crippen LogP contribution >= 0.6 is 0 Å². The van der Waals surface area contributed by atoms with Crippen LogP contribution in [0.5, 0.6) is 5.75 Å². The number of benzene rings is 1. The van der Waals surface area contributed by atoms with E-state index in [9.17, 15) is 22.8 Å². The first-order valence-corrected chi connectivity index (χ1v) is 9.67. The Morgan fingerprint density at radius 1 is 1.20 bits per heavy atom. The molecule has 0 radical (unpaired) electrons. The molecule has 1 rings (SSSR count). The lowest BCUT2D eigenvalue weighted by Gasteiger charge is -2.25. The molecule has 0 fully saturated rings. The van der Waals surface area contributed by atoms with Crippen LogP contribution in [0.1, 0.15) is 26.3 Å². The molecule has 0 spiro atoms. The van der Waals surface area contributed by atoms with Crippen LogP contribution in [0.2, 0.25) is 0 Å². The van der Waals surface area contributed by atoms with Gasteiger partial charge in [-0.2, -0.15) is 13.2 Å². The third kappa shape index (κ3) is 10.3. The molecule has 0 aliphatic carbocycles. The van der Waals surface area contributed by atoms with Crippen molar-refractivity contribution in [3.8, 4) is 5.75 Å². The maximum atomic E-state index is 12.3. The lowest BCUT2D eigenvalue weighted by atomic mass is 10.1. The van der Waals surface area contributed by atoms with Crippen molar-refractivity contribution in [3.05, 3.63) is 29.8 Å². The van der Waals surface area contributed by atoms with Crippen molar-refractivity contribution < 1.29 is 37.3 Å². The molecule has 170 valence electrons. The summed E-state index contributed by atoms with van der Waals surface area (Å²) in [5, 5.41) is 11.0. The zero-order valence-electron chi connectivity index (χ0n) is 17.4. The smallest absolute Gasteiger partial charge is 0.405 e. The van der Waals surface area contributed by atoms with Crippen LogP contribution in [0.3, 0.4) is 0 Å². The molecule has 1 aromatic rings. The van der Waals surface area contributed by atoms with E-state index in [1.54, 1.807) is 31.2 Å². The highest BCUT2D eigenvalue weighted by molar-refractivity contribution is 5.74. The number of ether oxygens (including phenoxy) is 2. The SMILES string of the molecule is CCOC(Cc1ccc(OCCN(CC(C)C)C(=O)NCC(F)(F)F)cc1)C(=O)O. The Morgan fingerprint density at radius 3 is 2.33 bits per heavy atom. The Balaban J connectivity index is 2.57. The lowest BCUT2D eigenvalue weighted by molar-refractivity contribution is -0.150. The predicted molar refractivity (Wildman–Crippen MR) is 105 cm³/mol. The Kier molecular flexibility index (Phi) is 10.4. The summed E-state index contributed by atoms with van der Waals surface area (Å²) < 4.78 is 47.7. The van der Waals surface area contributed by atoms with Crippen LogP contribution in [0.15, 0.2) is 24.3 Å². The molecule has 1 aromatic carbocycles. The maximum Gasteiger partial charge on any atom is 0.405 e. The van der Waals surface area contributed by atoms with Gasteiger partial charge in [-0.1, -0.05) is 26.0 Å². The Labute approximate surface area is 174 Å². The Bertz CT molecular complexity index is 665. The van der Waals surface area contributed by atoms with Crippen molar-refractivity contribution >= 4 is 12.0 Å². The van der Waals surface area contributed by atoms with Gasteiger partial charge in [-0.25, -0.2) is 9.59 Å². The van der Waals surface area contributed by atoms with Gasteiger partial charge in [0.05, 0.1) is 6.54 Å². The molecule has 0 aromatic heterocycles. The first-order chi connectivity index (χ1) is 14.0. The van der Waals surface area contributed by atoms with Crippen LogP contribution in [-0.2, 0) is 16.0 Å². The quantitative estimate of drug-likeness (QED) is 0.527. The number of halogens is 3. The highest BCUT2D eigenvalue weighted by atomic mass is 19.4. The number of amides is 2. The monoisotopic (exact) mass is 434 g/mol. The maximum absolute atomic E-state index is 12.3. The highest BCUT2D eigenvalue weighted by Crippen LogP contribution is 2.15. The summed E-state index contributed by atoms with van der Waals surface area (Å²) in [5.41, 5.74) is 0.760. The number of nitrogens with zero attached hydrogens (tertiary/aromatic N) is 1. The summed E-state index contributed by atoms with van der Waals surface area (Å²) in [6.07, 6.45) is -5.19. The van der Waals surface area contributed by atoms with Crippen molar-refractivity contribution in [2.45, 2.75) is 39.5 Å². The Morgan fingerprint density at radius 2 is 1.83 bits per heavy atom. The van der Waals surface area contributed by atoms with E-state index < -0.39 is 30.8 Å². The first-order valence-electron chi connectivity index (χ1n) is 9.67. The third-order valence-corrected chi connectivity index (χ3v) is 3.93. The molecule has 0 saturated heterocycles. The lowest BCUT2D eigenvalue weighted by Crippen LogP contribution is -2.46. The van der Waals surface area contributed by atoms with Gasteiger partial charge in [0.25, 0.3) is 0 Å². The van der Waals surface area contributed by atoms with Crippen molar-refractivity contribution in [1.29, 1.82) is 0 Å². The molecule has 1 unspecified atom stereocenters. The number of hydrogen-bond donors (Lipinski definition) is 2. The second-order valence-electron chi connectivity index (χ2n) is 7.09. The van der Waals surface area contributed by atoms with E-state index in [1.807, 2.05) is 19.2 Å². The molecule has 2 N–H and O–H groups in total. The second-order valence-corrected chi connectivity index (χ2v) is 7.09. The summed E-state index contributed by atoms with van der Waals surface area (Å²) in [6.45, 7) is 4.85. The summed E-state index contributed by atoms with van der Waals surface area (Å²) in [7, 11) is 0. The molecule has 0 heterocycles. The van der Waals surface area contributed by atoms with Crippen molar-refractivity contribution in [2.24, 2.45) is 5.92 Å². The van der Waals surface area contributed by atoms with Gasteiger partial charge in [-0.15, -0.1) is 0 Å². The second kappa shape index (κ2) is 12.3. The van der Waals surface area contributed by atoms with Crippen LogP contribution in [0.25, 0.3) is 0 Å². The van der Waals surface area contributed by atoms with Gasteiger partial charge in [-0.3, -0.25) is 0 Å². The number of carboxylic acids is 1. The number of carbonyl (C=O) groups excluding carboxylic acids is 1. The van der Waals surface area contributed by atoms with Gasteiger partial charge >= 0.3 is 18.2 Å². The van der Waals surface area contributed by atoms with Crippen LogP contribution < -0.4 is 10.1 Å². The molecule has 0 saturated carbocycles. The molecule has 10 heteroatoms. The topological polar surface area (TPSA) is 88.1 Å². The number of carboxylic acid groups (broad SMARTS) is 1. The number of hydrogen-bond acceptors (Lipinski definition) is 4. The fourth-order valence-electron chi connectivity index (χ4n) is 2.63. The van der Waals surface area contributed by atoms with Gasteiger partial charge in [-0.05, 0) is 30.5 Å². The molecule has 30 heavy (non-hydrogen) atoms. The van der Waals surface area contributed by atoms with Crippen molar-refractivity contribution in [1.82, 2.24) is 10.2 Å². The van der Waals surface area contributed by atoms with Gasteiger partial charge in [0.1, 0.15) is 18.9 Å². The highest BCUT2D eigenvalue weighted by Gasteiger charge is 2.29. The number of aliphatic carboxylic acids is 1. The van der Waals surface area contributed by atoms with E-state index in [0.29, 0.717) is 18.9 Å². The fraction of sp³-hybridized carbons (Fsp3) is 0.600. The van der Waals surface area contributed by atoms with Crippen molar-refractivity contribution in [3.63, 3.8) is 0 Å². The molecular weight excluding hydrogens is 405 g/mol. The molecule has 7 nitrogen and oxygen atoms in total. The van der Waals surface area contributed by atoms with Gasteiger partial charge in [0.2, 0.25) is 0 Å². The van der Waals surface area contributed by atoms with E-state index in [2.05, 4.69) is 0 Å². The van der Waals surface area contributed by atoms with Crippen LogP contribution in [0.4, 0.5) is 18.0 Å². The summed E-state index contributed by atoms with van der Waals surface area (Å²) in [4.78, 5) is 24.5. The molecule has 0 aliphatic rings. The van der Waals surface area contributed by atoms with Gasteiger partial charge in [0.15, 0.2) is 6.10 Å². The largest absolute Gasteiger partial charge is 0.492 e. The minimum absolute atomic E-state index is 0.0773. The van der Waals surface area contributed by atoms with E-state index in [1.165, 1.54) is 4.90 Å². The normalized spacial score (nSPS) is 12.5. The number of urea groups is 1. The van der Waals surface area contributed by atoms with Crippen LogP contribution in [-0.4, -0.2) is 67.1 Å². The van der Waals surface area contributed by atoms with Crippen molar-refractivity contribution in [2.75, 3.05) is 32.8 Å². The van der Waals surface area contributed by atoms with Gasteiger partial charge < -0.3 is 24.8 Å². The molecule has 0 aliphatic heterocycles. The number of rotatable bonds is 12. The average Bonchev–Trinajstić information content (AvgIpc) is 2.65. The predicted octanol–water partition coefficient (Wildman–Crippen LogP) is 3.33. The molecule has 2 amide bonds. The van der Waals surface area contributed by atoms with E-state index in [-0.39, 0.29) is 25.5 Å². The minimum Gasteiger partial charge on any atom is -0.492 e. The standard InChI is InChI=1S/C20H29F3N2O5/c1-4-29-17(18(26)27)11-15-5-7-16(8-6-15)30-10-9-25(12-14(2)3)19(28)24-13-20(21,22)23/h5-8,14,17H,4,9-13H2,1-3H3,(H,24,28)(H,26,27). The fourth-order valence-corrected chi connectivity index (χ4v) is 2.63.